The van der Waals surface area contributed by atoms with Crippen LogP contribution in [0, 0.1) is 11.3 Å². The zero-order valence-corrected chi connectivity index (χ0v) is 10.2. The van der Waals surface area contributed by atoms with Crippen LogP contribution in [0.25, 0.3) is 0 Å². The monoisotopic (exact) mass is 209 g/mol. The Kier molecular flexibility index (Phi) is 4.56. The van der Waals surface area contributed by atoms with Gasteiger partial charge >= 0.3 is 0 Å². The molecule has 15 heavy (non-hydrogen) atoms. The molecule has 0 radical (unpaired) electrons. The van der Waals surface area contributed by atoms with E-state index in [2.05, 4.69) is 23.3 Å². The summed E-state index contributed by atoms with van der Waals surface area (Å²) in [6.07, 6.45) is 6.03. The zero-order chi connectivity index (χ0) is 11.3. The van der Waals surface area contributed by atoms with Crippen LogP contribution in [0.5, 0.6) is 0 Å². The van der Waals surface area contributed by atoms with Crippen LogP contribution < -0.4 is 5.32 Å². The molecule has 0 saturated heterocycles. The van der Waals surface area contributed by atoms with Gasteiger partial charge in [-0.25, -0.2) is 0 Å². The van der Waals surface area contributed by atoms with Crippen molar-refractivity contribution in [3.63, 3.8) is 0 Å². The van der Waals surface area contributed by atoms with Crippen molar-refractivity contribution in [2.24, 2.45) is 0 Å². The van der Waals surface area contributed by atoms with Crippen LogP contribution in [0.3, 0.4) is 0 Å². The smallest absolute Gasteiger partial charge is 0.103 e. The normalized spacial score (nSPS) is 19.9. The topological polar surface area (TPSA) is 39.1 Å². The third-order valence-corrected chi connectivity index (χ3v) is 3.41. The minimum atomic E-state index is -0.335. The number of nitrogens with one attached hydrogen (secondary N) is 1. The number of rotatable bonds is 7. The van der Waals surface area contributed by atoms with Crippen molar-refractivity contribution in [1.29, 1.82) is 5.26 Å². The lowest BCUT2D eigenvalue weighted by molar-refractivity contribution is 0.307. The molecule has 1 N–H and O–H groups in total. The fraction of sp³-hybridized carbons (Fsp3) is 0.917. The SMILES string of the molecule is CNC(C)(C#N)CCCCN(C)C1CC1. The molecule has 86 valence electrons. The van der Waals surface area contributed by atoms with Crippen molar-refractivity contribution >= 4 is 0 Å². The van der Waals surface area contributed by atoms with E-state index in [0.717, 1.165) is 18.9 Å². The van der Waals surface area contributed by atoms with Crippen LogP contribution in [0.15, 0.2) is 0 Å². The molecule has 0 heterocycles. The molecule has 1 atom stereocenters. The molecule has 1 saturated carbocycles. The molecule has 0 bridgehead atoms. The van der Waals surface area contributed by atoms with Gasteiger partial charge in [-0.05, 0) is 59.7 Å². The predicted molar refractivity (Wildman–Crippen MR) is 62.6 cm³/mol. The van der Waals surface area contributed by atoms with Crippen LogP contribution in [-0.2, 0) is 0 Å². The van der Waals surface area contributed by atoms with Gasteiger partial charge in [0.2, 0.25) is 0 Å². The van der Waals surface area contributed by atoms with Gasteiger partial charge in [-0.2, -0.15) is 5.26 Å². The average Bonchev–Trinajstić information content (AvgIpc) is 3.07. The Bertz CT molecular complexity index is 230. The first kappa shape index (κ1) is 12.5. The molecule has 3 nitrogen and oxygen atoms in total. The van der Waals surface area contributed by atoms with Gasteiger partial charge in [0.15, 0.2) is 0 Å². The number of unbranched alkanes of at least 4 members (excludes halogenated alkanes) is 1. The van der Waals surface area contributed by atoms with Crippen molar-refractivity contribution in [3.8, 4) is 6.07 Å². The highest BCUT2D eigenvalue weighted by Crippen LogP contribution is 2.25. The van der Waals surface area contributed by atoms with Crippen LogP contribution >= 0.6 is 0 Å². The number of nitriles is 1. The van der Waals surface area contributed by atoms with E-state index in [1.54, 1.807) is 0 Å². The molecule has 0 aromatic carbocycles. The number of hydrogen-bond acceptors (Lipinski definition) is 3. The van der Waals surface area contributed by atoms with Crippen molar-refractivity contribution in [2.75, 3.05) is 20.6 Å². The Labute approximate surface area is 93.5 Å². The maximum absolute atomic E-state index is 8.97. The van der Waals surface area contributed by atoms with E-state index in [1.165, 1.54) is 25.8 Å². The van der Waals surface area contributed by atoms with Gasteiger partial charge in [-0.3, -0.25) is 0 Å². The number of nitrogens with zero attached hydrogens (tertiary/aromatic N) is 2. The summed E-state index contributed by atoms with van der Waals surface area (Å²) in [4.78, 5) is 2.45. The fourth-order valence-corrected chi connectivity index (χ4v) is 1.77. The van der Waals surface area contributed by atoms with Crippen molar-refractivity contribution in [2.45, 2.75) is 50.6 Å². The first-order valence-electron chi connectivity index (χ1n) is 5.92. The van der Waals surface area contributed by atoms with Gasteiger partial charge in [0, 0.05) is 6.04 Å². The molecule has 0 spiro atoms. The molecule has 1 aliphatic carbocycles. The Morgan fingerprint density at radius 3 is 2.60 bits per heavy atom. The van der Waals surface area contributed by atoms with Gasteiger partial charge in [0.25, 0.3) is 0 Å². The van der Waals surface area contributed by atoms with E-state index in [-0.39, 0.29) is 5.54 Å². The Morgan fingerprint density at radius 2 is 2.13 bits per heavy atom. The van der Waals surface area contributed by atoms with Gasteiger partial charge in [-0.1, -0.05) is 0 Å². The summed E-state index contributed by atoms with van der Waals surface area (Å²) in [6, 6.07) is 3.18. The molecule has 0 aromatic rings. The second kappa shape index (κ2) is 5.48. The molecular weight excluding hydrogens is 186 g/mol. The summed E-state index contributed by atoms with van der Waals surface area (Å²) in [5, 5.41) is 12.0. The predicted octanol–water partition coefficient (Wildman–Crippen LogP) is 1.75. The molecule has 3 heteroatoms. The lowest BCUT2D eigenvalue weighted by atomic mass is 9.97. The fourth-order valence-electron chi connectivity index (χ4n) is 1.77. The summed E-state index contributed by atoms with van der Waals surface area (Å²) < 4.78 is 0. The summed E-state index contributed by atoms with van der Waals surface area (Å²) >= 11 is 0. The molecule has 1 unspecified atom stereocenters. The van der Waals surface area contributed by atoms with Crippen LogP contribution in [0.4, 0.5) is 0 Å². The highest BCUT2D eigenvalue weighted by atomic mass is 15.1. The van der Waals surface area contributed by atoms with Crippen molar-refractivity contribution < 1.29 is 0 Å². The minimum absolute atomic E-state index is 0.335. The van der Waals surface area contributed by atoms with E-state index in [0.29, 0.717) is 0 Å². The molecule has 1 fully saturated rings. The summed E-state index contributed by atoms with van der Waals surface area (Å²) in [5.41, 5.74) is -0.335. The maximum atomic E-state index is 8.97. The van der Waals surface area contributed by atoms with Gasteiger partial charge in [0.05, 0.1) is 6.07 Å². The lowest BCUT2D eigenvalue weighted by Gasteiger charge is -2.21. The third kappa shape index (κ3) is 4.19. The van der Waals surface area contributed by atoms with Gasteiger partial charge in [0.1, 0.15) is 5.54 Å². The summed E-state index contributed by atoms with van der Waals surface area (Å²) in [5.74, 6) is 0. The first-order chi connectivity index (χ1) is 7.11. The van der Waals surface area contributed by atoms with Gasteiger partial charge < -0.3 is 10.2 Å². The second-order valence-electron chi connectivity index (χ2n) is 4.86. The molecule has 0 amide bonds. The minimum Gasteiger partial charge on any atom is -0.303 e. The average molecular weight is 209 g/mol. The van der Waals surface area contributed by atoms with E-state index < -0.39 is 0 Å². The van der Waals surface area contributed by atoms with E-state index in [9.17, 15) is 0 Å². The molecule has 0 aliphatic heterocycles. The maximum Gasteiger partial charge on any atom is 0.103 e. The van der Waals surface area contributed by atoms with Crippen LogP contribution in [0.1, 0.15) is 39.0 Å². The van der Waals surface area contributed by atoms with Crippen LogP contribution in [-0.4, -0.2) is 37.1 Å². The first-order valence-corrected chi connectivity index (χ1v) is 5.92. The molecule has 1 aliphatic rings. The van der Waals surface area contributed by atoms with Crippen LogP contribution in [0.2, 0.25) is 0 Å². The zero-order valence-electron chi connectivity index (χ0n) is 10.2. The van der Waals surface area contributed by atoms with E-state index in [1.807, 2.05) is 14.0 Å². The molecule has 0 aromatic heterocycles. The second-order valence-corrected chi connectivity index (χ2v) is 4.86. The quantitative estimate of drug-likeness (QED) is 0.649. The van der Waals surface area contributed by atoms with E-state index in [4.69, 9.17) is 5.26 Å². The summed E-state index contributed by atoms with van der Waals surface area (Å²) in [6.45, 7) is 3.15. The summed E-state index contributed by atoms with van der Waals surface area (Å²) in [7, 11) is 4.07. The Balaban J connectivity index is 2.07. The largest absolute Gasteiger partial charge is 0.303 e. The number of hydrogen-bond donors (Lipinski definition) is 1. The third-order valence-electron chi connectivity index (χ3n) is 3.41. The highest BCUT2D eigenvalue weighted by molar-refractivity contribution is 5.02. The Morgan fingerprint density at radius 1 is 1.47 bits per heavy atom. The van der Waals surface area contributed by atoms with Gasteiger partial charge in [-0.15, -0.1) is 0 Å². The van der Waals surface area contributed by atoms with E-state index >= 15 is 0 Å². The highest BCUT2D eigenvalue weighted by Gasteiger charge is 2.25. The lowest BCUT2D eigenvalue weighted by Crippen LogP contribution is -2.38. The van der Waals surface area contributed by atoms with Crippen molar-refractivity contribution in [1.82, 2.24) is 10.2 Å². The molecular formula is C12H23N3. The Hall–Kier alpha value is -0.590. The standard InChI is InChI=1S/C12H23N3/c1-12(10-13,14-2)8-4-5-9-15(3)11-6-7-11/h11,14H,4-9H2,1-3H3. The van der Waals surface area contributed by atoms with Crippen molar-refractivity contribution in [3.05, 3.63) is 0 Å². The molecule has 1 rings (SSSR count).